The Hall–Kier alpha value is -2.41. The first kappa shape index (κ1) is 17.0. The quantitative estimate of drug-likeness (QED) is 0.758. The van der Waals surface area contributed by atoms with Crippen LogP contribution >= 0.6 is 11.3 Å². The third kappa shape index (κ3) is 5.37. The zero-order valence-electron chi connectivity index (χ0n) is 13.1. The van der Waals surface area contributed by atoms with Gasteiger partial charge in [-0.3, -0.25) is 9.59 Å². The first-order chi connectivity index (χ1) is 11.1. The molecule has 0 aliphatic carbocycles. The largest absolute Gasteiger partial charge is 0.486 e. The van der Waals surface area contributed by atoms with Gasteiger partial charge in [0.05, 0.1) is 5.69 Å². The van der Waals surface area contributed by atoms with E-state index in [1.807, 2.05) is 30.3 Å². The van der Waals surface area contributed by atoms with Gasteiger partial charge in [0.1, 0.15) is 22.2 Å². The van der Waals surface area contributed by atoms with Crippen molar-refractivity contribution in [2.24, 2.45) is 0 Å². The Bertz CT molecular complexity index is 670. The number of aryl methyl sites for hydroxylation is 1. The third-order valence-electron chi connectivity index (χ3n) is 2.94. The number of aromatic nitrogens is 1. The number of carbonyl (C=O) groups is 2. The van der Waals surface area contributed by atoms with Gasteiger partial charge < -0.3 is 15.4 Å². The topological polar surface area (TPSA) is 80.3 Å². The van der Waals surface area contributed by atoms with Crippen molar-refractivity contribution in [1.29, 1.82) is 0 Å². The summed E-state index contributed by atoms with van der Waals surface area (Å²) in [6.45, 7) is 4.35. The lowest BCUT2D eigenvalue weighted by Crippen LogP contribution is -2.33. The minimum atomic E-state index is -0.184. The fraction of sp³-hybridized carbons (Fsp3) is 0.312. The molecule has 0 aliphatic rings. The van der Waals surface area contributed by atoms with Crippen molar-refractivity contribution in [2.75, 3.05) is 13.1 Å². The molecule has 0 radical (unpaired) electrons. The van der Waals surface area contributed by atoms with E-state index in [0.717, 1.165) is 10.8 Å². The van der Waals surface area contributed by atoms with Gasteiger partial charge in [0.15, 0.2) is 0 Å². The predicted molar refractivity (Wildman–Crippen MR) is 88.6 cm³/mol. The number of amides is 2. The average molecular weight is 333 g/mol. The van der Waals surface area contributed by atoms with Gasteiger partial charge in [0.25, 0.3) is 5.91 Å². The summed E-state index contributed by atoms with van der Waals surface area (Å²) in [5.74, 6) is 0.464. The molecular formula is C16H19N3O3S. The standard InChI is InChI=1S/C16H19N3O3S/c1-11-15(16(21)18-9-8-17-12(2)20)23-14(19-11)10-22-13-6-4-3-5-7-13/h3-7H,8-10H2,1-2H3,(H,17,20)(H,18,21). The van der Waals surface area contributed by atoms with Crippen molar-refractivity contribution in [3.63, 3.8) is 0 Å². The summed E-state index contributed by atoms with van der Waals surface area (Å²) >= 11 is 1.32. The number of hydrogen-bond acceptors (Lipinski definition) is 5. The average Bonchev–Trinajstić information content (AvgIpc) is 2.91. The van der Waals surface area contributed by atoms with E-state index in [1.54, 1.807) is 6.92 Å². The molecule has 0 aliphatic heterocycles. The van der Waals surface area contributed by atoms with Crippen molar-refractivity contribution in [3.05, 3.63) is 45.9 Å². The highest BCUT2D eigenvalue weighted by Crippen LogP contribution is 2.20. The first-order valence-corrected chi connectivity index (χ1v) is 8.04. The molecule has 1 aromatic heterocycles. The molecule has 0 atom stereocenters. The second-order valence-corrected chi connectivity index (χ2v) is 5.95. The molecule has 0 saturated carbocycles. The second kappa shape index (κ2) is 8.28. The van der Waals surface area contributed by atoms with Gasteiger partial charge in [-0.15, -0.1) is 11.3 Å². The summed E-state index contributed by atoms with van der Waals surface area (Å²) in [6.07, 6.45) is 0. The number of rotatable bonds is 7. The van der Waals surface area contributed by atoms with Gasteiger partial charge in [-0.1, -0.05) is 18.2 Å². The lowest BCUT2D eigenvalue weighted by molar-refractivity contribution is -0.118. The predicted octanol–water partition coefficient (Wildman–Crippen LogP) is 1.90. The molecule has 1 aromatic carbocycles. The summed E-state index contributed by atoms with van der Waals surface area (Å²) in [5, 5.41) is 6.13. The lowest BCUT2D eigenvalue weighted by Gasteiger charge is -2.04. The molecule has 2 amide bonds. The Labute approximate surface area is 138 Å². The summed E-state index contributed by atoms with van der Waals surface area (Å²) in [5.41, 5.74) is 0.679. The molecule has 0 unspecified atom stereocenters. The Kier molecular flexibility index (Phi) is 6.10. The highest BCUT2D eigenvalue weighted by molar-refractivity contribution is 7.13. The third-order valence-corrected chi connectivity index (χ3v) is 4.07. The first-order valence-electron chi connectivity index (χ1n) is 7.23. The van der Waals surface area contributed by atoms with Crippen LogP contribution in [0.1, 0.15) is 27.3 Å². The normalized spacial score (nSPS) is 10.2. The molecule has 2 N–H and O–H groups in total. The zero-order chi connectivity index (χ0) is 16.7. The Morgan fingerprint density at radius 2 is 1.87 bits per heavy atom. The van der Waals surface area contributed by atoms with Crippen molar-refractivity contribution < 1.29 is 14.3 Å². The molecule has 2 rings (SSSR count). The molecule has 122 valence electrons. The van der Waals surface area contributed by atoms with Gasteiger partial charge in [0.2, 0.25) is 5.91 Å². The molecule has 6 nitrogen and oxygen atoms in total. The Balaban J connectivity index is 1.87. The molecule has 2 aromatic rings. The zero-order valence-corrected chi connectivity index (χ0v) is 13.9. The van der Waals surface area contributed by atoms with E-state index >= 15 is 0 Å². The van der Waals surface area contributed by atoms with Crippen LogP contribution in [0.15, 0.2) is 30.3 Å². The number of nitrogens with one attached hydrogen (secondary N) is 2. The van der Waals surface area contributed by atoms with Crippen LogP contribution in [0.2, 0.25) is 0 Å². The Morgan fingerprint density at radius 1 is 1.17 bits per heavy atom. The smallest absolute Gasteiger partial charge is 0.263 e. The van der Waals surface area contributed by atoms with Crippen LogP contribution in [0, 0.1) is 6.92 Å². The van der Waals surface area contributed by atoms with E-state index in [4.69, 9.17) is 4.74 Å². The summed E-state index contributed by atoms with van der Waals surface area (Å²) < 4.78 is 5.63. The number of thiazole rings is 1. The molecule has 23 heavy (non-hydrogen) atoms. The molecular weight excluding hydrogens is 314 g/mol. The minimum absolute atomic E-state index is 0.117. The van der Waals surface area contributed by atoms with Gasteiger partial charge >= 0.3 is 0 Å². The van der Waals surface area contributed by atoms with E-state index in [2.05, 4.69) is 15.6 Å². The maximum atomic E-state index is 12.1. The monoisotopic (exact) mass is 333 g/mol. The SMILES string of the molecule is CC(=O)NCCNC(=O)c1sc(COc2ccccc2)nc1C. The van der Waals surface area contributed by atoms with Gasteiger partial charge in [0, 0.05) is 20.0 Å². The number of benzene rings is 1. The number of nitrogens with zero attached hydrogens (tertiary/aromatic N) is 1. The van der Waals surface area contributed by atoms with Crippen LogP contribution in [0.3, 0.4) is 0 Å². The van der Waals surface area contributed by atoms with E-state index < -0.39 is 0 Å². The molecule has 0 saturated heterocycles. The van der Waals surface area contributed by atoms with Crippen LogP contribution in [0.5, 0.6) is 5.75 Å². The van der Waals surface area contributed by atoms with Gasteiger partial charge in [-0.2, -0.15) is 0 Å². The van der Waals surface area contributed by atoms with Crippen LogP contribution in [-0.2, 0) is 11.4 Å². The highest BCUT2D eigenvalue weighted by Gasteiger charge is 2.15. The highest BCUT2D eigenvalue weighted by atomic mass is 32.1. The molecule has 0 spiro atoms. The van der Waals surface area contributed by atoms with Crippen LogP contribution in [-0.4, -0.2) is 29.9 Å². The van der Waals surface area contributed by atoms with Crippen molar-refractivity contribution >= 4 is 23.2 Å². The fourth-order valence-electron chi connectivity index (χ4n) is 1.88. The maximum Gasteiger partial charge on any atom is 0.263 e. The van der Waals surface area contributed by atoms with E-state index in [-0.39, 0.29) is 11.8 Å². The minimum Gasteiger partial charge on any atom is -0.486 e. The maximum absolute atomic E-state index is 12.1. The summed E-state index contributed by atoms with van der Waals surface area (Å²) in [4.78, 5) is 27.8. The van der Waals surface area contributed by atoms with Crippen molar-refractivity contribution in [2.45, 2.75) is 20.5 Å². The van der Waals surface area contributed by atoms with E-state index in [1.165, 1.54) is 18.3 Å². The van der Waals surface area contributed by atoms with Crippen molar-refractivity contribution in [3.8, 4) is 5.75 Å². The second-order valence-electron chi connectivity index (χ2n) is 4.86. The number of hydrogen-bond donors (Lipinski definition) is 2. The number of para-hydroxylation sites is 1. The van der Waals surface area contributed by atoms with Crippen molar-refractivity contribution in [1.82, 2.24) is 15.6 Å². The number of carbonyl (C=O) groups excluding carboxylic acids is 2. The van der Waals surface area contributed by atoms with Gasteiger partial charge in [-0.05, 0) is 19.1 Å². The van der Waals surface area contributed by atoms with Crippen LogP contribution < -0.4 is 15.4 Å². The lowest BCUT2D eigenvalue weighted by atomic mass is 10.3. The molecule has 7 heteroatoms. The van der Waals surface area contributed by atoms with Crippen LogP contribution in [0.4, 0.5) is 0 Å². The fourth-order valence-corrected chi connectivity index (χ4v) is 2.78. The van der Waals surface area contributed by atoms with Gasteiger partial charge in [-0.25, -0.2) is 4.98 Å². The number of ether oxygens (including phenoxy) is 1. The Morgan fingerprint density at radius 3 is 2.57 bits per heavy atom. The molecule has 0 fully saturated rings. The molecule has 0 bridgehead atoms. The van der Waals surface area contributed by atoms with Crippen LogP contribution in [0.25, 0.3) is 0 Å². The summed E-state index contributed by atoms with van der Waals surface area (Å²) in [7, 11) is 0. The van der Waals surface area contributed by atoms with E-state index in [9.17, 15) is 9.59 Å². The molecule has 1 heterocycles. The summed E-state index contributed by atoms with van der Waals surface area (Å²) in [6, 6.07) is 9.46. The van der Waals surface area contributed by atoms with E-state index in [0.29, 0.717) is 30.3 Å².